The van der Waals surface area contributed by atoms with Gasteiger partial charge >= 0.3 is 6.09 Å². The van der Waals surface area contributed by atoms with Crippen LogP contribution in [-0.4, -0.2) is 94.3 Å². The number of sulfonamides is 1. The fraction of sp³-hybridized carbons (Fsp3) is 0.625. The molecule has 2 aromatic rings. The lowest BCUT2D eigenvalue weighted by Crippen LogP contribution is -2.57. The van der Waals surface area contributed by atoms with Gasteiger partial charge in [-0.25, -0.2) is 26.9 Å². The molecule has 4 aliphatic heterocycles. The average Bonchev–Trinajstić information content (AvgIpc) is 4.03. The monoisotopic (exact) mass is 793 g/mol. The van der Waals surface area contributed by atoms with Crippen LogP contribution in [0.2, 0.25) is 0 Å². The predicted octanol–water partition coefficient (Wildman–Crippen LogP) is 4.81. The number of alkyl halides is 1. The number of hydrogen-bond acceptors (Lipinski definition) is 10. The first kappa shape index (κ1) is 37.1. The zero-order valence-electron chi connectivity index (χ0n) is 31.8. The van der Waals surface area contributed by atoms with Crippen molar-refractivity contribution in [2.45, 2.75) is 137 Å². The van der Waals surface area contributed by atoms with Crippen molar-refractivity contribution in [3.8, 4) is 11.5 Å². The van der Waals surface area contributed by atoms with Gasteiger partial charge in [0.05, 0.1) is 31.0 Å². The summed E-state index contributed by atoms with van der Waals surface area (Å²) in [6, 6.07) is 3.03. The predicted molar refractivity (Wildman–Crippen MR) is 200 cm³/mol. The van der Waals surface area contributed by atoms with Crippen LogP contribution in [0.25, 0.3) is 10.9 Å². The molecule has 5 fully saturated rings. The molecule has 14 nitrogen and oxygen atoms in total. The van der Waals surface area contributed by atoms with Crippen molar-refractivity contribution in [3.63, 3.8) is 0 Å². The van der Waals surface area contributed by atoms with Crippen LogP contribution >= 0.6 is 0 Å². The Labute approximate surface area is 324 Å². The SMILES string of the molecule is COc1ccc2nc(C3CC3)c3c(c2c1)C(F)C[C@]1(C[C@H]2C(=O)N[C@]4(C(=O)N5C6(CC6)S5(=O)=O)C[C@H]4/C=C\CCCCC[C@H](NC(=O)OC(C)C)C(=O)N2C1)O3. The molecule has 1 unspecified atom stereocenters. The number of aromatic nitrogens is 1. The lowest BCUT2D eigenvalue weighted by atomic mass is 9.85. The van der Waals surface area contributed by atoms with Crippen LogP contribution in [0.1, 0.15) is 114 Å². The number of halogens is 1. The van der Waals surface area contributed by atoms with Crippen molar-refractivity contribution in [1.29, 1.82) is 0 Å². The van der Waals surface area contributed by atoms with Gasteiger partial charge in [-0.15, -0.1) is 0 Å². The number of benzene rings is 1. The average molecular weight is 794 g/mol. The van der Waals surface area contributed by atoms with Gasteiger partial charge in [-0.3, -0.25) is 14.4 Å². The minimum atomic E-state index is -3.79. The number of amides is 4. The summed E-state index contributed by atoms with van der Waals surface area (Å²) < 4.78 is 61.6. The van der Waals surface area contributed by atoms with Gasteiger partial charge in [0.25, 0.3) is 15.9 Å². The number of rotatable bonds is 5. The highest BCUT2D eigenvalue weighted by molar-refractivity contribution is 7.98. The van der Waals surface area contributed by atoms with E-state index in [1.807, 2.05) is 12.2 Å². The number of alkyl carbamates (subject to hydrolysis) is 1. The standard InChI is InChI=1S/C40H48FN5O9S/c1-22(2)54-37(50)43-29-10-8-6-4-5-7-9-24-18-40(24,36(49)46-39(15-16-39)56(46,51)52)44-34(47)30-20-38(21-45(30)35(29)48)19-27(41)31-26-17-25(53-3)13-14-28(26)42-32(23-11-12-23)33(31)55-38/h7,9,13-14,17,22-24,27,29-30H,4-6,8,10-12,15-16,18-21H2,1-3H3,(H,43,50)(H,44,47)/b9-7-/t24-,27?,29+,30+,38-,40-,46?/m1/s1. The van der Waals surface area contributed by atoms with Crippen LogP contribution in [0, 0.1) is 5.92 Å². The Hall–Kier alpha value is -4.47. The molecule has 1 aromatic carbocycles. The van der Waals surface area contributed by atoms with E-state index in [1.165, 1.54) is 12.0 Å². The normalized spacial score (nSPS) is 33.3. The Morgan fingerprint density at radius 1 is 1.09 bits per heavy atom. The molecule has 3 aliphatic carbocycles. The van der Waals surface area contributed by atoms with Crippen molar-refractivity contribution in [3.05, 3.63) is 41.6 Å². The second kappa shape index (κ2) is 13.0. The van der Waals surface area contributed by atoms with Crippen LogP contribution < -0.4 is 20.1 Å². The summed E-state index contributed by atoms with van der Waals surface area (Å²) in [5.74, 6) is -1.41. The quantitative estimate of drug-likeness (QED) is 0.316. The highest BCUT2D eigenvalue weighted by atomic mass is 32.2. The van der Waals surface area contributed by atoms with E-state index >= 15 is 4.39 Å². The number of carbonyl (C=O) groups excluding carboxylic acids is 4. The maximum atomic E-state index is 17.0. The number of allylic oxidation sites excluding steroid dienone is 1. The van der Waals surface area contributed by atoms with Crippen LogP contribution in [0.3, 0.4) is 0 Å². The number of fused-ring (bicyclic) bond motifs is 5. The largest absolute Gasteiger partial charge is 0.497 e. The Balaban J connectivity index is 1.10. The maximum Gasteiger partial charge on any atom is 0.408 e. The smallest absolute Gasteiger partial charge is 0.408 e. The van der Waals surface area contributed by atoms with E-state index in [4.69, 9.17) is 19.2 Å². The summed E-state index contributed by atoms with van der Waals surface area (Å²) in [4.78, 5) is 61.7. The van der Waals surface area contributed by atoms with Crippen molar-refractivity contribution < 1.29 is 46.2 Å². The van der Waals surface area contributed by atoms with Gasteiger partial charge < -0.3 is 29.7 Å². The summed E-state index contributed by atoms with van der Waals surface area (Å²) in [5, 5.41) is 6.23. The molecule has 1 aromatic heterocycles. The number of pyridine rings is 1. The molecule has 9 rings (SSSR count). The molecule has 56 heavy (non-hydrogen) atoms. The molecule has 2 N–H and O–H groups in total. The van der Waals surface area contributed by atoms with Crippen LogP contribution in [0.4, 0.5) is 9.18 Å². The van der Waals surface area contributed by atoms with E-state index in [0.717, 1.165) is 30.0 Å². The van der Waals surface area contributed by atoms with Crippen molar-refractivity contribution >= 4 is 44.7 Å². The number of carbonyl (C=O) groups is 4. The number of hydrogen-bond donors (Lipinski definition) is 2. The van der Waals surface area contributed by atoms with Crippen LogP contribution in [0.15, 0.2) is 30.4 Å². The molecule has 0 bridgehead atoms. The molecule has 4 amide bonds. The van der Waals surface area contributed by atoms with Gasteiger partial charge in [0.15, 0.2) is 4.87 Å². The molecular weight excluding hydrogens is 746 g/mol. The number of ether oxygens (including phenoxy) is 3. The first-order valence-electron chi connectivity index (χ1n) is 19.9. The molecular formula is C40H48FN5O9S. The van der Waals surface area contributed by atoms with Crippen molar-refractivity contribution in [1.82, 2.24) is 24.8 Å². The van der Waals surface area contributed by atoms with E-state index in [2.05, 4.69) is 10.6 Å². The number of nitrogens with one attached hydrogen (secondary N) is 2. The van der Waals surface area contributed by atoms with E-state index in [9.17, 15) is 27.6 Å². The van der Waals surface area contributed by atoms with Gasteiger partial charge in [-0.1, -0.05) is 25.0 Å². The Morgan fingerprint density at radius 2 is 1.88 bits per heavy atom. The van der Waals surface area contributed by atoms with Crippen molar-refractivity contribution in [2.24, 2.45) is 5.92 Å². The van der Waals surface area contributed by atoms with Crippen molar-refractivity contribution in [2.75, 3.05) is 13.7 Å². The summed E-state index contributed by atoms with van der Waals surface area (Å²) in [7, 11) is -2.25. The fourth-order valence-electron chi connectivity index (χ4n) is 9.30. The summed E-state index contributed by atoms with van der Waals surface area (Å²) >= 11 is 0. The molecule has 0 radical (unpaired) electrons. The van der Waals surface area contributed by atoms with Gasteiger partial charge in [0.2, 0.25) is 11.8 Å². The first-order valence-corrected chi connectivity index (χ1v) is 21.4. The molecule has 16 heteroatoms. The third-order valence-electron chi connectivity index (χ3n) is 12.7. The summed E-state index contributed by atoms with van der Waals surface area (Å²) in [5.41, 5.74) is -1.25. The van der Waals surface area contributed by atoms with E-state index in [1.54, 1.807) is 32.0 Å². The zero-order valence-corrected chi connectivity index (χ0v) is 32.7. The molecule has 300 valence electrons. The lowest BCUT2D eigenvalue weighted by Gasteiger charge is -2.38. The van der Waals surface area contributed by atoms with E-state index in [-0.39, 0.29) is 38.1 Å². The van der Waals surface area contributed by atoms with Gasteiger partial charge in [-0.2, -0.15) is 0 Å². The summed E-state index contributed by atoms with van der Waals surface area (Å²) in [6.07, 6.45) is 6.48. The van der Waals surface area contributed by atoms with E-state index < -0.39 is 80.1 Å². The van der Waals surface area contributed by atoms with E-state index in [0.29, 0.717) is 59.3 Å². The number of methoxy groups -OCH3 is 1. The first-order chi connectivity index (χ1) is 26.7. The Morgan fingerprint density at radius 3 is 2.57 bits per heavy atom. The Kier molecular flexibility index (Phi) is 8.64. The Bertz CT molecular complexity index is 2170. The molecule has 6 atom stereocenters. The zero-order chi connectivity index (χ0) is 39.4. The highest BCUT2D eigenvalue weighted by Crippen LogP contribution is 2.65. The van der Waals surface area contributed by atoms with Crippen LogP contribution in [0.5, 0.6) is 11.5 Å². The second-order valence-electron chi connectivity index (χ2n) is 17.0. The second-order valence-corrected chi connectivity index (χ2v) is 19.1. The summed E-state index contributed by atoms with van der Waals surface area (Å²) in [6.45, 7) is 3.22. The molecule has 5 heterocycles. The molecule has 2 spiro atoms. The highest BCUT2D eigenvalue weighted by Gasteiger charge is 2.83. The third-order valence-corrected chi connectivity index (χ3v) is 15.0. The lowest BCUT2D eigenvalue weighted by molar-refractivity contribution is -0.141. The molecule has 2 saturated heterocycles. The topological polar surface area (TPSA) is 173 Å². The minimum Gasteiger partial charge on any atom is -0.497 e. The number of nitrogens with zero attached hydrogens (tertiary/aromatic N) is 3. The van der Waals surface area contributed by atoms with Gasteiger partial charge in [-0.05, 0) is 83.4 Å². The van der Waals surface area contributed by atoms with Crippen LogP contribution in [-0.2, 0) is 29.1 Å². The fourth-order valence-corrected chi connectivity index (χ4v) is 11.4. The molecule has 7 aliphatic rings. The molecule has 3 saturated carbocycles. The van der Waals surface area contributed by atoms with Gasteiger partial charge in [0, 0.05) is 35.6 Å². The van der Waals surface area contributed by atoms with Gasteiger partial charge in [0.1, 0.15) is 40.9 Å². The maximum absolute atomic E-state index is 17.0. The third kappa shape index (κ3) is 5.99. The minimum absolute atomic E-state index is 0.0733.